The maximum absolute atomic E-state index is 13.2. The Kier molecular flexibility index (Phi) is 6.99. The summed E-state index contributed by atoms with van der Waals surface area (Å²) in [4.78, 5) is 19.3. The number of nitrogens with zero attached hydrogens (tertiary/aromatic N) is 2. The van der Waals surface area contributed by atoms with Crippen LogP contribution in [0.5, 0.6) is 5.88 Å². The molecule has 8 heteroatoms. The summed E-state index contributed by atoms with van der Waals surface area (Å²) in [5, 5.41) is 1.59. The Balaban J connectivity index is 1.51. The number of benzene rings is 1. The fraction of sp³-hybridized carbons (Fsp3) is 0.333. The van der Waals surface area contributed by atoms with E-state index in [2.05, 4.69) is 4.98 Å². The van der Waals surface area contributed by atoms with Gasteiger partial charge in [-0.05, 0) is 56.0 Å². The van der Waals surface area contributed by atoms with Gasteiger partial charge in [-0.2, -0.15) is 0 Å². The summed E-state index contributed by atoms with van der Waals surface area (Å²) in [5.41, 5.74) is 1.67. The van der Waals surface area contributed by atoms with E-state index in [1.807, 2.05) is 30.9 Å². The van der Waals surface area contributed by atoms with Crippen LogP contribution in [0.3, 0.4) is 0 Å². The zero-order valence-electron chi connectivity index (χ0n) is 17.8. The molecule has 3 heterocycles. The maximum atomic E-state index is 13.2. The molecule has 1 fully saturated rings. The minimum atomic E-state index is -0.0211. The Morgan fingerprint density at radius 2 is 1.94 bits per heavy atom. The monoisotopic (exact) mass is 492 g/mol. The van der Waals surface area contributed by atoms with Crippen molar-refractivity contribution in [2.75, 3.05) is 19.7 Å². The first-order valence-corrected chi connectivity index (χ1v) is 11.5. The van der Waals surface area contributed by atoms with Crippen molar-refractivity contribution in [2.24, 2.45) is 5.92 Å². The summed E-state index contributed by atoms with van der Waals surface area (Å²) in [6.45, 7) is 5.34. The SMILES string of the molecule is Cc1cc(C(=O)N2C[C@@H](CCOc3ccc(Cl)cn3)[C@@H](c3ccc(Cl)c(Cl)c3)C2)c(C)o1. The quantitative estimate of drug-likeness (QED) is 0.389. The Morgan fingerprint density at radius 1 is 1.12 bits per heavy atom. The van der Waals surface area contributed by atoms with Gasteiger partial charge in [-0.1, -0.05) is 40.9 Å². The Labute approximate surface area is 202 Å². The number of furan rings is 1. The fourth-order valence-electron chi connectivity index (χ4n) is 4.23. The molecule has 0 unspecified atom stereocenters. The van der Waals surface area contributed by atoms with E-state index in [9.17, 15) is 4.79 Å². The molecule has 0 aliphatic carbocycles. The van der Waals surface area contributed by atoms with Gasteiger partial charge in [-0.15, -0.1) is 0 Å². The normalized spacial score (nSPS) is 18.2. The number of rotatable bonds is 6. The highest BCUT2D eigenvalue weighted by Crippen LogP contribution is 2.38. The van der Waals surface area contributed by atoms with E-state index in [-0.39, 0.29) is 17.7 Å². The van der Waals surface area contributed by atoms with Crippen molar-refractivity contribution in [3.8, 4) is 5.88 Å². The molecule has 0 N–H and O–H groups in total. The van der Waals surface area contributed by atoms with Gasteiger partial charge in [0.05, 0.1) is 27.2 Å². The summed E-state index contributed by atoms with van der Waals surface area (Å²) in [7, 11) is 0. The molecule has 1 aromatic carbocycles. The number of carbonyl (C=O) groups excluding carboxylic acids is 1. The lowest BCUT2D eigenvalue weighted by Gasteiger charge is -2.19. The van der Waals surface area contributed by atoms with Gasteiger partial charge in [-0.3, -0.25) is 4.79 Å². The molecule has 1 saturated heterocycles. The second-order valence-electron chi connectivity index (χ2n) is 8.03. The van der Waals surface area contributed by atoms with Gasteiger partial charge < -0.3 is 14.1 Å². The molecule has 5 nitrogen and oxygen atoms in total. The van der Waals surface area contributed by atoms with Crippen molar-refractivity contribution in [2.45, 2.75) is 26.2 Å². The van der Waals surface area contributed by atoms with E-state index in [0.29, 0.717) is 52.0 Å². The second kappa shape index (κ2) is 9.74. The van der Waals surface area contributed by atoms with Crippen molar-refractivity contribution >= 4 is 40.7 Å². The number of ether oxygens (including phenoxy) is 1. The number of hydrogen-bond donors (Lipinski definition) is 0. The number of pyridine rings is 1. The van der Waals surface area contributed by atoms with E-state index in [1.165, 1.54) is 0 Å². The molecular weight excluding hydrogens is 471 g/mol. The van der Waals surface area contributed by atoms with Gasteiger partial charge in [0.2, 0.25) is 5.88 Å². The van der Waals surface area contributed by atoms with Crippen molar-refractivity contribution in [1.82, 2.24) is 9.88 Å². The molecule has 1 amide bonds. The zero-order chi connectivity index (χ0) is 22.8. The van der Waals surface area contributed by atoms with Crippen molar-refractivity contribution < 1.29 is 13.9 Å². The molecule has 2 aromatic heterocycles. The maximum Gasteiger partial charge on any atom is 0.257 e. The number of aromatic nitrogens is 1. The zero-order valence-corrected chi connectivity index (χ0v) is 20.0. The van der Waals surface area contributed by atoms with Crippen LogP contribution in [0.1, 0.15) is 39.8 Å². The average Bonchev–Trinajstić information content (AvgIpc) is 3.34. The molecular formula is C24H23Cl3N2O3. The smallest absolute Gasteiger partial charge is 0.257 e. The third-order valence-corrected chi connectivity index (χ3v) is 6.77. The number of carbonyl (C=O) groups is 1. The lowest BCUT2D eigenvalue weighted by molar-refractivity contribution is 0.0782. The summed E-state index contributed by atoms with van der Waals surface area (Å²) in [5.74, 6) is 2.18. The minimum Gasteiger partial charge on any atom is -0.478 e. The van der Waals surface area contributed by atoms with Crippen LogP contribution in [-0.2, 0) is 0 Å². The van der Waals surface area contributed by atoms with E-state index in [4.69, 9.17) is 44.0 Å². The number of halogens is 3. The lowest BCUT2D eigenvalue weighted by atomic mass is 9.87. The van der Waals surface area contributed by atoms with E-state index >= 15 is 0 Å². The fourth-order valence-corrected chi connectivity index (χ4v) is 4.64. The highest BCUT2D eigenvalue weighted by atomic mass is 35.5. The van der Waals surface area contributed by atoms with Gasteiger partial charge in [0.15, 0.2) is 0 Å². The first-order chi connectivity index (χ1) is 15.3. The summed E-state index contributed by atoms with van der Waals surface area (Å²) in [6.07, 6.45) is 2.31. The topological polar surface area (TPSA) is 55.6 Å². The van der Waals surface area contributed by atoms with Crippen LogP contribution in [0.4, 0.5) is 0 Å². The molecule has 2 atom stereocenters. The van der Waals surface area contributed by atoms with E-state index < -0.39 is 0 Å². The first-order valence-electron chi connectivity index (χ1n) is 10.4. The van der Waals surface area contributed by atoms with Gasteiger partial charge >= 0.3 is 0 Å². The predicted molar refractivity (Wildman–Crippen MR) is 126 cm³/mol. The van der Waals surface area contributed by atoms with E-state index in [0.717, 1.165) is 17.7 Å². The Bertz CT molecular complexity index is 1110. The Hall–Kier alpha value is -2.21. The van der Waals surface area contributed by atoms with Crippen molar-refractivity contribution in [3.05, 3.63) is 80.3 Å². The van der Waals surface area contributed by atoms with Crippen LogP contribution in [0.15, 0.2) is 47.0 Å². The minimum absolute atomic E-state index is 0.0211. The van der Waals surface area contributed by atoms with Crippen molar-refractivity contribution in [1.29, 1.82) is 0 Å². The van der Waals surface area contributed by atoms with Crippen LogP contribution in [0, 0.1) is 19.8 Å². The highest BCUT2D eigenvalue weighted by Gasteiger charge is 2.37. The van der Waals surface area contributed by atoms with Crippen LogP contribution >= 0.6 is 34.8 Å². The molecule has 0 saturated carbocycles. The van der Waals surface area contributed by atoms with Gasteiger partial charge in [-0.25, -0.2) is 4.98 Å². The summed E-state index contributed by atoms with van der Waals surface area (Å²) in [6, 6.07) is 11.0. The third kappa shape index (κ3) is 5.06. The average molecular weight is 494 g/mol. The molecule has 4 rings (SSSR count). The summed E-state index contributed by atoms with van der Waals surface area (Å²) >= 11 is 18.3. The highest BCUT2D eigenvalue weighted by molar-refractivity contribution is 6.42. The Morgan fingerprint density at radius 3 is 2.59 bits per heavy atom. The summed E-state index contributed by atoms with van der Waals surface area (Å²) < 4.78 is 11.4. The molecule has 1 aliphatic rings. The van der Waals surface area contributed by atoms with Crippen LogP contribution in [0.2, 0.25) is 15.1 Å². The number of likely N-dealkylation sites (tertiary alicyclic amines) is 1. The standard InChI is InChI=1S/C24H23Cl3N2O3/c1-14-9-19(15(2)32-14)24(30)29-12-17(7-8-31-23-6-4-18(25)11-28-23)20(13-29)16-3-5-21(26)22(27)10-16/h3-6,9-11,17,20H,7-8,12-13H2,1-2H3/t17-,20-/m1/s1. The molecule has 168 valence electrons. The largest absolute Gasteiger partial charge is 0.478 e. The number of amides is 1. The molecule has 0 radical (unpaired) electrons. The molecule has 0 bridgehead atoms. The third-order valence-electron chi connectivity index (χ3n) is 5.81. The molecule has 1 aliphatic heterocycles. The lowest BCUT2D eigenvalue weighted by Crippen LogP contribution is -2.29. The van der Waals surface area contributed by atoms with Crippen LogP contribution in [0.25, 0.3) is 0 Å². The number of hydrogen-bond acceptors (Lipinski definition) is 4. The molecule has 32 heavy (non-hydrogen) atoms. The predicted octanol–water partition coefficient (Wildman–Crippen LogP) is 6.58. The van der Waals surface area contributed by atoms with Gasteiger partial charge in [0, 0.05) is 31.3 Å². The second-order valence-corrected chi connectivity index (χ2v) is 9.28. The number of aryl methyl sites for hydroxylation is 2. The molecule has 3 aromatic rings. The van der Waals surface area contributed by atoms with Crippen molar-refractivity contribution in [3.63, 3.8) is 0 Å². The van der Waals surface area contributed by atoms with Gasteiger partial charge in [0.1, 0.15) is 11.5 Å². The van der Waals surface area contributed by atoms with Crippen LogP contribution in [-0.4, -0.2) is 35.5 Å². The van der Waals surface area contributed by atoms with Gasteiger partial charge in [0.25, 0.3) is 5.91 Å². The van der Waals surface area contributed by atoms with E-state index in [1.54, 1.807) is 30.5 Å². The molecule has 0 spiro atoms. The first kappa shape index (κ1) is 23.0. The van der Waals surface area contributed by atoms with Crippen LogP contribution < -0.4 is 4.74 Å².